The topological polar surface area (TPSA) is 71.1 Å². The number of rotatable bonds is 9. The molecule has 204 valence electrons. The maximum Gasteiger partial charge on any atom is 0.534 e. The molecular weight excluding hydrogens is 533 g/mol. The van der Waals surface area contributed by atoms with Crippen LogP contribution in [0.25, 0.3) is 0 Å². The van der Waals surface area contributed by atoms with E-state index in [1.807, 2.05) is 72.8 Å². The van der Waals surface area contributed by atoms with Crippen LogP contribution in [0.15, 0.2) is 97.1 Å². The quantitative estimate of drug-likeness (QED) is 0.136. The van der Waals surface area contributed by atoms with E-state index >= 15 is 0 Å². The Bertz CT molecular complexity index is 1380. The molecule has 0 radical (unpaired) electrons. The lowest BCUT2D eigenvalue weighted by Crippen LogP contribution is -2.31. The Morgan fingerprint density at radius 2 is 0.744 bits per heavy atom. The van der Waals surface area contributed by atoms with Crippen molar-refractivity contribution in [3.63, 3.8) is 0 Å². The number of methoxy groups -OCH3 is 3. The third-order valence-corrected chi connectivity index (χ3v) is 7.32. The highest BCUT2D eigenvalue weighted by atomic mass is 32.2. The van der Waals surface area contributed by atoms with Gasteiger partial charge in [-0.1, -0.05) is 48.5 Å². The van der Waals surface area contributed by atoms with Crippen molar-refractivity contribution in [2.24, 2.45) is 0 Å². The van der Waals surface area contributed by atoms with Crippen molar-refractivity contribution in [2.45, 2.75) is 10.9 Å². The van der Waals surface area contributed by atoms with E-state index in [0.717, 1.165) is 16.7 Å². The van der Waals surface area contributed by atoms with Crippen molar-refractivity contribution >= 4 is 10.1 Å². The molecule has 0 aromatic heterocycles. The molecule has 39 heavy (non-hydrogen) atoms. The second kappa shape index (κ2) is 10.9. The minimum absolute atomic E-state index is 0.468. The maximum atomic E-state index is 12.9. The van der Waals surface area contributed by atoms with Gasteiger partial charge in [0.15, 0.2) is 0 Å². The molecule has 0 saturated carbocycles. The minimum Gasteiger partial charge on any atom is -0.497 e. The third kappa shape index (κ3) is 5.37. The van der Waals surface area contributed by atoms with E-state index in [9.17, 15) is 21.6 Å². The molecule has 10 heteroatoms. The summed E-state index contributed by atoms with van der Waals surface area (Å²) in [6, 6.07) is 27.7. The normalized spacial score (nSPS) is 12.1. The van der Waals surface area contributed by atoms with Crippen LogP contribution in [0.5, 0.6) is 23.0 Å². The highest BCUT2D eigenvalue weighted by Crippen LogP contribution is 2.46. The van der Waals surface area contributed by atoms with E-state index in [2.05, 4.69) is 4.18 Å². The Balaban J connectivity index is 1.98. The first-order valence-electron chi connectivity index (χ1n) is 11.6. The standard InChI is InChI=1S/C29H25F3O6S/c1-35-24-12-4-20(5-13-24)28(21-6-14-25(36-2)15-7-21,22-8-16-26(37-3)17-9-22)23-10-18-27(19-11-23)38-39(33,34)29(30,31)32/h4-19H,1-3H3. The highest BCUT2D eigenvalue weighted by Gasteiger charge is 2.48. The fourth-order valence-electron chi connectivity index (χ4n) is 4.46. The lowest BCUT2D eigenvalue weighted by molar-refractivity contribution is -0.0500. The molecular formula is C29H25F3O6S. The van der Waals surface area contributed by atoms with Crippen LogP contribution in [0.1, 0.15) is 22.3 Å². The smallest absolute Gasteiger partial charge is 0.497 e. The van der Waals surface area contributed by atoms with Gasteiger partial charge in [-0.15, -0.1) is 0 Å². The first-order valence-corrected chi connectivity index (χ1v) is 13.0. The van der Waals surface area contributed by atoms with Crippen molar-refractivity contribution in [1.82, 2.24) is 0 Å². The van der Waals surface area contributed by atoms with Gasteiger partial charge in [-0.25, -0.2) is 0 Å². The summed E-state index contributed by atoms with van der Waals surface area (Å²) < 4.78 is 82.2. The van der Waals surface area contributed by atoms with Gasteiger partial charge < -0.3 is 18.4 Å². The van der Waals surface area contributed by atoms with Crippen molar-refractivity contribution in [2.75, 3.05) is 21.3 Å². The molecule has 0 heterocycles. The van der Waals surface area contributed by atoms with Gasteiger partial charge in [0, 0.05) is 0 Å². The van der Waals surface area contributed by atoms with Crippen molar-refractivity contribution < 1.29 is 40.0 Å². The Hall–Kier alpha value is -4.18. The van der Waals surface area contributed by atoms with Gasteiger partial charge in [-0.05, 0) is 70.8 Å². The number of hydrogen-bond acceptors (Lipinski definition) is 6. The predicted molar refractivity (Wildman–Crippen MR) is 140 cm³/mol. The fraction of sp³-hybridized carbons (Fsp3) is 0.172. The number of alkyl halides is 3. The van der Waals surface area contributed by atoms with E-state index in [1.54, 1.807) is 33.5 Å². The van der Waals surface area contributed by atoms with Gasteiger partial charge in [0.2, 0.25) is 0 Å². The molecule has 0 aliphatic heterocycles. The summed E-state index contributed by atoms with van der Waals surface area (Å²) in [7, 11) is -1.15. The van der Waals surface area contributed by atoms with Crippen molar-refractivity contribution in [3.8, 4) is 23.0 Å². The molecule has 0 bridgehead atoms. The lowest BCUT2D eigenvalue weighted by atomic mass is 9.65. The van der Waals surface area contributed by atoms with Crippen LogP contribution in [0.4, 0.5) is 13.2 Å². The first kappa shape index (κ1) is 27.8. The monoisotopic (exact) mass is 558 g/mol. The summed E-state index contributed by atoms with van der Waals surface area (Å²) >= 11 is 0. The minimum atomic E-state index is -5.82. The van der Waals surface area contributed by atoms with Crippen LogP contribution in [-0.2, 0) is 15.5 Å². The van der Waals surface area contributed by atoms with E-state index in [0.29, 0.717) is 22.8 Å². The summed E-state index contributed by atoms with van der Waals surface area (Å²) in [5.41, 5.74) is -3.46. The first-order chi connectivity index (χ1) is 18.5. The van der Waals surface area contributed by atoms with E-state index < -0.39 is 26.8 Å². The van der Waals surface area contributed by atoms with Gasteiger partial charge in [-0.2, -0.15) is 21.6 Å². The zero-order valence-electron chi connectivity index (χ0n) is 21.2. The van der Waals surface area contributed by atoms with E-state index in [1.165, 1.54) is 12.1 Å². The number of halogens is 3. The molecule has 0 N–H and O–H groups in total. The molecule has 4 aromatic carbocycles. The van der Waals surface area contributed by atoms with Crippen molar-refractivity contribution in [3.05, 3.63) is 119 Å². The SMILES string of the molecule is COc1ccc(C(c2ccc(OC)cc2)(c2ccc(OC)cc2)c2ccc(OS(=O)(=O)C(F)(F)F)cc2)cc1. The Morgan fingerprint density at radius 1 is 0.487 bits per heavy atom. The van der Waals surface area contributed by atoms with Crippen LogP contribution in [-0.4, -0.2) is 35.3 Å². The molecule has 0 fully saturated rings. The zero-order chi connectivity index (χ0) is 28.3. The molecule has 6 nitrogen and oxygen atoms in total. The highest BCUT2D eigenvalue weighted by molar-refractivity contribution is 7.88. The second-order valence-electron chi connectivity index (χ2n) is 8.44. The van der Waals surface area contributed by atoms with E-state index in [-0.39, 0.29) is 0 Å². The number of ether oxygens (including phenoxy) is 3. The average Bonchev–Trinajstić information content (AvgIpc) is 2.94. The van der Waals surface area contributed by atoms with Gasteiger partial charge in [-0.3, -0.25) is 0 Å². The second-order valence-corrected chi connectivity index (χ2v) is 9.98. The van der Waals surface area contributed by atoms with Crippen LogP contribution in [0.2, 0.25) is 0 Å². The van der Waals surface area contributed by atoms with Crippen LogP contribution >= 0.6 is 0 Å². The van der Waals surface area contributed by atoms with E-state index in [4.69, 9.17) is 14.2 Å². The Kier molecular flexibility index (Phi) is 7.78. The zero-order valence-corrected chi connectivity index (χ0v) is 22.0. The number of hydrogen-bond donors (Lipinski definition) is 0. The Morgan fingerprint density at radius 3 is 0.974 bits per heavy atom. The van der Waals surface area contributed by atoms with Gasteiger partial charge in [0.25, 0.3) is 0 Å². The third-order valence-electron chi connectivity index (χ3n) is 6.35. The summed E-state index contributed by atoms with van der Waals surface area (Å²) in [6.45, 7) is 0. The fourth-order valence-corrected chi connectivity index (χ4v) is 4.92. The summed E-state index contributed by atoms with van der Waals surface area (Å²) in [5.74, 6) is 1.44. The molecule has 0 spiro atoms. The summed E-state index contributed by atoms with van der Waals surface area (Å²) in [4.78, 5) is 0. The molecule has 4 rings (SSSR count). The number of benzene rings is 4. The lowest BCUT2D eigenvalue weighted by Gasteiger charge is -2.37. The van der Waals surface area contributed by atoms with Gasteiger partial charge >= 0.3 is 15.6 Å². The molecule has 0 atom stereocenters. The van der Waals surface area contributed by atoms with Gasteiger partial charge in [0.1, 0.15) is 23.0 Å². The molecule has 0 saturated heterocycles. The molecule has 0 aliphatic rings. The van der Waals surface area contributed by atoms with Gasteiger partial charge in [0.05, 0.1) is 26.7 Å². The Labute approximate surface area is 224 Å². The average molecular weight is 559 g/mol. The predicted octanol–water partition coefficient (Wildman–Crippen LogP) is 6.32. The van der Waals surface area contributed by atoms with Crippen LogP contribution in [0.3, 0.4) is 0 Å². The van der Waals surface area contributed by atoms with Crippen LogP contribution < -0.4 is 18.4 Å². The molecule has 0 amide bonds. The van der Waals surface area contributed by atoms with Crippen LogP contribution in [0, 0.1) is 0 Å². The molecule has 0 aliphatic carbocycles. The summed E-state index contributed by atoms with van der Waals surface area (Å²) in [6.07, 6.45) is 0. The van der Waals surface area contributed by atoms with Crippen molar-refractivity contribution in [1.29, 1.82) is 0 Å². The summed E-state index contributed by atoms with van der Waals surface area (Å²) in [5, 5.41) is 0. The molecule has 4 aromatic rings. The largest absolute Gasteiger partial charge is 0.534 e. The maximum absolute atomic E-state index is 12.9. The molecule has 0 unspecified atom stereocenters.